The lowest BCUT2D eigenvalue weighted by atomic mass is 9.86. The van der Waals surface area contributed by atoms with E-state index >= 15 is 0 Å². The van der Waals surface area contributed by atoms with Crippen LogP contribution in [-0.2, 0) is 10.8 Å². The minimum absolute atomic E-state index is 0.0815. The molecule has 230 valence electrons. The number of pyridine rings is 1. The van der Waals surface area contributed by atoms with E-state index in [4.69, 9.17) is 19.9 Å². The number of hydrogen-bond donors (Lipinski definition) is 0. The van der Waals surface area contributed by atoms with E-state index in [9.17, 15) is 0 Å². The molecule has 0 saturated heterocycles. The number of rotatable bonds is 5. The Labute approximate surface area is 273 Å². The Morgan fingerprint density at radius 1 is 0.457 bits per heavy atom. The van der Waals surface area contributed by atoms with Gasteiger partial charge in [0.15, 0.2) is 11.6 Å². The zero-order valence-corrected chi connectivity index (χ0v) is 28.2. The van der Waals surface area contributed by atoms with E-state index in [1.807, 2.05) is 12.3 Å². The zero-order chi connectivity index (χ0) is 32.6. The Morgan fingerprint density at radius 2 is 0.978 bits per heavy atom. The SMILES string of the molecule is Cc1cc(C)cc(-c2ccccc2-c2ccc(-c3ccc(-c4nc(-c5ccc(C(C)(C)C)cc5)nc(C(C)(C)C)n4)cn3)cc2)c1. The molecule has 0 aliphatic carbocycles. The van der Waals surface area contributed by atoms with Crippen LogP contribution >= 0.6 is 0 Å². The smallest absolute Gasteiger partial charge is 0.165 e. The molecule has 0 aliphatic rings. The fourth-order valence-electron chi connectivity index (χ4n) is 5.72. The lowest BCUT2D eigenvalue weighted by Crippen LogP contribution is -2.18. The normalized spacial score (nSPS) is 11.9. The summed E-state index contributed by atoms with van der Waals surface area (Å²) in [6.45, 7) is 17.4. The minimum Gasteiger partial charge on any atom is -0.255 e. The lowest BCUT2D eigenvalue weighted by Gasteiger charge is -2.20. The Balaban J connectivity index is 1.30. The van der Waals surface area contributed by atoms with Gasteiger partial charge in [-0.2, -0.15) is 0 Å². The maximum Gasteiger partial charge on any atom is 0.165 e. The van der Waals surface area contributed by atoms with Gasteiger partial charge in [-0.3, -0.25) is 4.98 Å². The summed E-state index contributed by atoms with van der Waals surface area (Å²) < 4.78 is 0. The van der Waals surface area contributed by atoms with E-state index in [1.165, 1.54) is 38.9 Å². The van der Waals surface area contributed by atoms with E-state index < -0.39 is 0 Å². The first-order valence-electron chi connectivity index (χ1n) is 16.0. The fraction of sp³-hybridized carbons (Fsp3) is 0.238. The summed E-state index contributed by atoms with van der Waals surface area (Å²) in [5.41, 5.74) is 12.4. The van der Waals surface area contributed by atoms with Crippen molar-refractivity contribution in [2.45, 2.75) is 66.2 Å². The highest BCUT2D eigenvalue weighted by molar-refractivity contribution is 5.84. The molecular formula is C42H42N4. The molecule has 0 radical (unpaired) electrons. The summed E-state index contributed by atoms with van der Waals surface area (Å²) in [4.78, 5) is 19.5. The minimum atomic E-state index is -0.232. The summed E-state index contributed by atoms with van der Waals surface area (Å²) in [6.07, 6.45) is 1.87. The van der Waals surface area contributed by atoms with E-state index in [-0.39, 0.29) is 10.8 Å². The predicted octanol–water partition coefficient (Wildman–Crippen LogP) is 10.8. The van der Waals surface area contributed by atoms with Gasteiger partial charge in [-0.05, 0) is 59.2 Å². The van der Waals surface area contributed by atoms with Crippen LogP contribution in [0.25, 0.3) is 56.3 Å². The average Bonchev–Trinajstić information content (AvgIpc) is 3.03. The molecular weight excluding hydrogens is 560 g/mol. The van der Waals surface area contributed by atoms with Crippen molar-refractivity contribution in [3.63, 3.8) is 0 Å². The van der Waals surface area contributed by atoms with Crippen LogP contribution in [-0.4, -0.2) is 19.9 Å². The Bertz CT molecular complexity index is 1970. The highest BCUT2D eigenvalue weighted by Crippen LogP contribution is 2.34. The number of aromatic nitrogens is 4. The molecule has 4 heteroatoms. The topological polar surface area (TPSA) is 51.6 Å². The Morgan fingerprint density at radius 3 is 1.52 bits per heavy atom. The van der Waals surface area contributed by atoms with Crippen molar-refractivity contribution in [2.24, 2.45) is 0 Å². The molecule has 0 saturated carbocycles. The van der Waals surface area contributed by atoms with Gasteiger partial charge in [0.05, 0.1) is 5.69 Å². The van der Waals surface area contributed by atoms with Crippen LogP contribution in [0.5, 0.6) is 0 Å². The Hall–Kier alpha value is -4.96. The monoisotopic (exact) mass is 602 g/mol. The van der Waals surface area contributed by atoms with Crippen molar-refractivity contribution in [3.05, 3.63) is 132 Å². The van der Waals surface area contributed by atoms with Gasteiger partial charge in [-0.1, -0.05) is 144 Å². The van der Waals surface area contributed by atoms with Crippen LogP contribution in [0.3, 0.4) is 0 Å². The number of hydrogen-bond acceptors (Lipinski definition) is 4. The molecule has 0 fully saturated rings. The maximum absolute atomic E-state index is 4.91. The van der Waals surface area contributed by atoms with Crippen molar-refractivity contribution in [2.75, 3.05) is 0 Å². The quantitative estimate of drug-likeness (QED) is 0.197. The first-order valence-corrected chi connectivity index (χ1v) is 16.0. The summed E-state index contributed by atoms with van der Waals surface area (Å²) in [5.74, 6) is 2.07. The third-order valence-electron chi connectivity index (χ3n) is 8.29. The zero-order valence-electron chi connectivity index (χ0n) is 28.2. The van der Waals surface area contributed by atoms with E-state index in [0.29, 0.717) is 11.6 Å². The molecule has 0 amide bonds. The molecule has 0 atom stereocenters. The summed E-state index contributed by atoms with van der Waals surface area (Å²) in [5, 5.41) is 0. The van der Waals surface area contributed by atoms with Crippen molar-refractivity contribution >= 4 is 0 Å². The molecule has 0 spiro atoms. The molecule has 2 aromatic heterocycles. The molecule has 4 nitrogen and oxygen atoms in total. The van der Waals surface area contributed by atoms with Crippen molar-refractivity contribution < 1.29 is 0 Å². The molecule has 4 aromatic carbocycles. The summed E-state index contributed by atoms with van der Waals surface area (Å²) in [7, 11) is 0. The Kier molecular flexibility index (Phi) is 8.16. The van der Waals surface area contributed by atoms with Crippen molar-refractivity contribution in [1.82, 2.24) is 19.9 Å². The first-order chi connectivity index (χ1) is 21.8. The summed E-state index contributed by atoms with van der Waals surface area (Å²) in [6, 6.07) is 36.7. The van der Waals surface area contributed by atoms with E-state index in [2.05, 4.69) is 152 Å². The van der Waals surface area contributed by atoms with Crippen molar-refractivity contribution in [3.8, 4) is 56.3 Å². The number of benzene rings is 4. The molecule has 6 aromatic rings. The van der Waals surface area contributed by atoms with Gasteiger partial charge >= 0.3 is 0 Å². The molecule has 46 heavy (non-hydrogen) atoms. The van der Waals surface area contributed by atoms with E-state index in [0.717, 1.165) is 28.2 Å². The van der Waals surface area contributed by atoms with Crippen LogP contribution in [0, 0.1) is 13.8 Å². The van der Waals surface area contributed by atoms with Crippen LogP contribution < -0.4 is 0 Å². The van der Waals surface area contributed by atoms with Crippen LogP contribution in [0.2, 0.25) is 0 Å². The van der Waals surface area contributed by atoms with Gasteiger partial charge in [0.25, 0.3) is 0 Å². The molecule has 0 N–H and O–H groups in total. The highest BCUT2D eigenvalue weighted by Gasteiger charge is 2.22. The number of aryl methyl sites for hydroxylation is 2. The molecule has 0 bridgehead atoms. The molecule has 0 aliphatic heterocycles. The summed E-state index contributed by atoms with van der Waals surface area (Å²) >= 11 is 0. The molecule has 6 rings (SSSR count). The second-order valence-electron chi connectivity index (χ2n) is 14.3. The third-order valence-corrected chi connectivity index (χ3v) is 8.29. The lowest BCUT2D eigenvalue weighted by molar-refractivity contribution is 0.543. The van der Waals surface area contributed by atoms with Gasteiger partial charge in [0, 0.05) is 28.3 Å². The number of nitrogens with zero attached hydrogens (tertiary/aromatic N) is 4. The maximum atomic E-state index is 4.91. The third kappa shape index (κ3) is 6.67. The van der Waals surface area contributed by atoms with Crippen molar-refractivity contribution in [1.29, 1.82) is 0 Å². The van der Waals surface area contributed by atoms with Gasteiger partial charge in [0.2, 0.25) is 0 Å². The van der Waals surface area contributed by atoms with Crippen LogP contribution in [0.4, 0.5) is 0 Å². The van der Waals surface area contributed by atoms with E-state index in [1.54, 1.807) is 0 Å². The van der Waals surface area contributed by atoms with Gasteiger partial charge in [-0.15, -0.1) is 0 Å². The highest BCUT2D eigenvalue weighted by atomic mass is 15.0. The van der Waals surface area contributed by atoms with Crippen LogP contribution in [0.15, 0.2) is 109 Å². The molecule has 2 heterocycles. The van der Waals surface area contributed by atoms with Crippen LogP contribution in [0.1, 0.15) is 64.1 Å². The second-order valence-corrected chi connectivity index (χ2v) is 14.3. The molecule has 0 unspecified atom stereocenters. The van der Waals surface area contributed by atoms with Gasteiger partial charge < -0.3 is 0 Å². The predicted molar refractivity (Wildman–Crippen MR) is 192 cm³/mol. The average molecular weight is 603 g/mol. The van der Waals surface area contributed by atoms with Gasteiger partial charge in [-0.25, -0.2) is 15.0 Å². The fourth-order valence-corrected chi connectivity index (χ4v) is 5.72. The standard InChI is InChI=1S/C42H42N4/c1-27-23-28(2)25-33(24-27)36-12-10-9-11-35(36)29-13-15-30(16-14-29)37-22-19-32(26-43-37)39-44-38(45-40(46-39)42(6,7)8)31-17-20-34(21-18-31)41(3,4)5/h9-26H,1-8H3. The second kappa shape index (κ2) is 12.1. The first kappa shape index (κ1) is 31.0. The largest absolute Gasteiger partial charge is 0.255 e. The van der Waals surface area contributed by atoms with Gasteiger partial charge in [0.1, 0.15) is 5.82 Å².